The third-order valence-electron chi connectivity index (χ3n) is 2.24. The lowest BCUT2D eigenvalue weighted by Crippen LogP contribution is -2.24. The van der Waals surface area contributed by atoms with Crippen molar-refractivity contribution in [1.82, 2.24) is 0 Å². The molecule has 0 saturated heterocycles. The second-order valence-electron chi connectivity index (χ2n) is 4.39. The van der Waals surface area contributed by atoms with Crippen LogP contribution in [0.5, 0.6) is 0 Å². The maximum absolute atomic E-state index is 11.6. The summed E-state index contributed by atoms with van der Waals surface area (Å²) in [5, 5.41) is 9.47. The van der Waals surface area contributed by atoms with Gasteiger partial charge in [-0.1, -0.05) is 6.08 Å². The molecule has 0 unspecified atom stereocenters. The van der Waals surface area contributed by atoms with Gasteiger partial charge >= 0.3 is 0 Å². The van der Waals surface area contributed by atoms with Gasteiger partial charge in [-0.2, -0.15) is 0 Å². The summed E-state index contributed by atoms with van der Waals surface area (Å²) < 4.78 is 0. The second kappa shape index (κ2) is 4.05. The summed E-state index contributed by atoms with van der Waals surface area (Å²) in [5.41, 5.74) is 0.0587. The molecule has 1 aliphatic rings. The zero-order valence-corrected chi connectivity index (χ0v) is 8.47. The number of rotatable bonds is 3. The Balaban J connectivity index is 2.52. The van der Waals surface area contributed by atoms with Crippen LogP contribution in [-0.4, -0.2) is 16.5 Å². The topological polar surface area (TPSA) is 37.3 Å². The molecule has 0 aromatic heterocycles. The molecular formula is C11H18O2. The molecule has 0 radical (unpaired) electrons. The average molecular weight is 182 g/mol. The van der Waals surface area contributed by atoms with Crippen LogP contribution in [-0.2, 0) is 4.79 Å². The number of carbonyl (C=O) groups is 1. The molecule has 0 amide bonds. The number of hydrogen-bond acceptors (Lipinski definition) is 2. The monoisotopic (exact) mass is 182 g/mol. The lowest BCUT2D eigenvalue weighted by atomic mass is 9.91. The summed E-state index contributed by atoms with van der Waals surface area (Å²) in [7, 11) is 0. The first kappa shape index (κ1) is 10.5. The maximum Gasteiger partial charge on any atom is 0.161 e. The lowest BCUT2D eigenvalue weighted by Gasteiger charge is -2.18. The van der Waals surface area contributed by atoms with Gasteiger partial charge in [-0.25, -0.2) is 0 Å². The molecule has 13 heavy (non-hydrogen) atoms. The van der Waals surface area contributed by atoms with E-state index in [-0.39, 0.29) is 12.2 Å². The van der Waals surface area contributed by atoms with E-state index in [1.807, 2.05) is 6.08 Å². The van der Waals surface area contributed by atoms with Crippen LogP contribution in [0.4, 0.5) is 0 Å². The van der Waals surface area contributed by atoms with Crippen LogP contribution in [0.3, 0.4) is 0 Å². The Morgan fingerprint density at radius 1 is 1.54 bits per heavy atom. The molecule has 1 aliphatic carbocycles. The Morgan fingerprint density at radius 3 is 2.69 bits per heavy atom. The smallest absolute Gasteiger partial charge is 0.161 e. The molecular weight excluding hydrogens is 164 g/mol. The molecule has 0 atom stereocenters. The fourth-order valence-electron chi connectivity index (χ4n) is 1.60. The van der Waals surface area contributed by atoms with Crippen molar-refractivity contribution in [3.63, 3.8) is 0 Å². The molecule has 0 bridgehead atoms. The Labute approximate surface area is 79.6 Å². The van der Waals surface area contributed by atoms with E-state index in [4.69, 9.17) is 0 Å². The van der Waals surface area contributed by atoms with E-state index in [0.29, 0.717) is 0 Å². The Kier molecular flexibility index (Phi) is 3.26. The molecule has 0 aliphatic heterocycles. The summed E-state index contributed by atoms with van der Waals surface area (Å²) in [6.45, 7) is 3.35. The average Bonchev–Trinajstić information content (AvgIpc) is 2.03. The van der Waals surface area contributed by atoms with Gasteiger partial charge in [0.05, 0.1) is 5.60 Å². The summed E-state index contributed by atoms with van der Waals surface area (Å²) in [6, 6.07) is 0. The Bertz CT molecular complexity index is 221. The van der Waals surface area contributed by atoms with Crippen LogP contribution >= 0.6 is 0 Å². The van der Waals surface area contributed by atoms with Crippen LogP contribution in [0.15, 0.2) is 11.6 Å². The molecule has 0 spiro atoms. The first-order chi connectivity index (χ1) is 5.99. The Morgan fingerprint density at radius 2 is 2.23 bits per heavy atom. The molecule has 74 valence electrons. The molecule has 1 N–H and O–H groups in total. The summed E-state index contributed by atoms with van der Waals surface area (Å²) in [4.78, 5) is 11.6. The van der Waals surface area contributed by atoms with Crippen LogP contribution in [0.25, 0.3) is 0 Å². The maximum atomic E-state index is 11.6. The van der Waals surface area contributed by atoms with Gasteiger partial charge < -0.3 is 5.11 Å². The highest BCUT2D eigenvalue weighted by molar-refractivity contribution is 5.95. The van der Waals surface area contributed by atoms with Gasteiger partial charge in [-0.15, -0.1) is 0 Å². The largest absolute Gasteiger partial charge is 0.390 e. The Hall–Kier alpha value is -0.630. The predicted octanol–water partition coefficient (Wildman–Crippen LogP) is 2.22. The zero-order valence-electron chi connectivity index (χ0n) is 8.47. The molecule has 0 heterocycles. The fourth-order valence-corrected chi connectivity index (χ4v) is 1.60. The number of carbonyl (C=O) groups excluding carboxylic acids is 1. The standard InChI is InChI=1S/C11H18O2/c1-11(2,13)8-10(12)9-6-4-3-5-7-9/h6,13H,3-5,7-8H2,1-2H3. The van der Waals surface area contributed by atoms with Crippen LogP contribution in [0.1, 0.15) is 46.0 Å². The van der Waals surface area contributed by atoms with Crippen molar-refractivity contribution < 1.29 is 9.90 Å². The third-order valence-corrected chi connectivity index (χ3v) is 2.24. The van der Waals surface area contributed by atoms with Gasteiger partial charge in [-0.05, 0) is 45.1 Å². The second-order valence-corrected chi connectivity index (χ2v) is 4.39. The fraction of sp³-hybridized carbons (Fsp3) is 0.727. The minimum Gasteiger partial charge on any atom is -0.390 e. The predicted molar refractivity (Wildman–Crippen MR) is 52.5 cm³/mol. The highest BCUT2D eigenvalue weighted by atomic mass is 16.3. The van der Waals surface area contributed by atoms with Crippen molar-refractivity contribution in [2.75, 3.05) is 0 Å². The molecule has 0 fully saturated rings. The van der Waals surface area contributed by atoms with Crippen molar-refractivity contribution in [1.29, 1.82) is 0 Å². The minimum absolute atomic E-state index is 0.118. The first-order valence-electron chi connectivity index (χ1n) is 4.94. The molecule has 0 aromatic rings. The SMILES string of the molecule is CC(C)(O)CC(=O)C1=CCCCC1. The van der Waals surface area contributed by atoms with Crippen molar-refractivity contribution in [2.24, 2.45) is 0 Å². The number of allylic oxidation sites excluding steroid dienone is 2. The van der Waals surface area contributed by atoms with Crippen molar-refractivity contribution in [2.45, 2.75) is 51.6 Å². The van der Waals surface area contributed by atoms with E-state index >= 15 is 0 Å². The van der Waals surface area contributed by atoms with E-state index in [1.54, 1.807) is 13.8 Å². The van der Waals surface area contributed by atoms with Gasteiger partial charge in [0.25, 0.3) is 0 Å². The first-order valence-corrected chi connectivity index (χ1v) is 4.94. The minimum atomic E-state index is -0.866. The molecule has 0 aromatic carbocycles. The lowest BCUT2D eigenvalue weighted by molar-refractivity contribution is -0.119. The number of aliphatic hydroxyl groups is 1. The normalized spacial score (nSPS) is 18.2. The van der Waals surface area contributed by atoms with E-state index < -0.39 is 5.60 Å². The quantitative estimate of drug-likeness (QED) is 0.726. The van der Waals surface area contributed by atoms with Gasteiger partial charge in [0.2, 0.25) is 0 Å². The number of Topliss-reactive ketones (excluding diaryl/α,β-unsaturated/α-hetero) is 1. The molecule has 1 rings (SSSR count). The summed E-state index contributed by atoms with van der Waals surface area (Å²) in [5.74, 6) is 0.118. The van der Waals surface area contributed by atoms with Gasteiger partial charge in [-0.3, -0.25) is 4.79 Å². The molecule has 2 nitrogen and oxygen atoms in total. The van der Waals surface area contributed by atoms with Crippen molar-refractivity contribution >= 4 is 5.78 Å². The summed E-state index contributed by atoms with van der Waals surface area (Å²) in [6.07, 6.45) is 6.50. The number of ketones is 1. The van der Waals surface area contributed by atoms with Gasteiger partial charge in [0, 0.05) is 6.42 Å². The van der Waals surface area contributed by atoms with E-state index in [0.717, 1.165) is 24.8 Å². The molecule has 0 saturated carbocycles. The van der Waals surface area contributed by atoms with Crippen LogP contribution < -0.4 is 0 Å². The zero-order chi connectivity index (χ0) is 9.90. The van der Waals surface area contributed by atoms with Gasteiger partial charge in [0.15, 0.2) is 5.78 Å². The van der Waals surface area contributed by atoms with Crippen LogP contribution in [0.2, 0.25) is 0 Å². The van der Waals surface area contributed by atoms with Crippen molar-refractivity contribution in [3.8, 4) is 0 Å². The summed E-state index contributed by atoms with van der Waals surface area (Å²) >= 11 is 0. The third kappa shape index (κ3) is 3.73. The van der Waals surface area contributed by atoms with Crippen molar-refractivity contribution in [3.05, 3.63) is 11.6 Å². The van der Waals surface area contributed by atoms with E-state index in [1.165, 1.54) is 6.42 Å². The van der Waals surface area contributed by atoms with E-state index in [2.05, 4.69) is 0 Å². The highest BCUT2D eigenvalue weighted by Gasteiger charge is 2.21. The van der Waals surface area contributed by atoms with Crippen LogP contribution in [0, 0.1) is 0 Å². The van der Waals surface area contributed by atoms with Gasteiger partial charge in [0.1, 0.15) is 0 Å². The molecule has 2 heteroatoms. The highest BCUT2D eigenvalue weighted by Crippen LogP contribution is 2.21. The number of hydrogen-bond donors (Lipinski definition) is 1. The van der Waals surface area contributed by atoms with E-state index in [9.17, 15) is 9.90 Å².